The fourth-order valence-corrected chi connectivity index (χ4v) is 5.58. The van der Waals surface area contributed by atoms with Crippen molar-refractivity contribution in [3.05, 3.63) is 63.6 Å². The van der Waals surface area contributed by atoms with Crippen molar-refractivity contribution in [3.8, 4) is 28.5 Å². The summed E-state index contributed by atoms with van der Waals surface area (Å²) in [5.74, 6) is 0.327. The second kappa shape index (κ2) is 11.2. The van der Waals surface area contributed by atoms with Crippen molar-refractivity contribution in [2.75, 3.05) is 5.73 Å². The first-order valence-electron chi connectivity index (χ1n) is 13.3. The van der Waals surface area contributed by atoms with Crippen LogP contribution in [0.25, 0.3) is 28.5 Å². The highest BCUT2D eigenvalue weighted by Gasteiger charge is 2.31. The zero-order valence-corrected chi connectivity index (χ0v) is 24.1. The quantitative estimate of drug-likeness (QED) is 0.249. The van der Waals surface area contributed by atoms with Crippen LogP contribution >= 0.6 is 23.2 Å². The molecule has 0 atom stereocenters. The van der Waals surface area contributed by atoms with E-state index in [1.807, 2.05) is 37.5 Å². The van der Waals surface area contributed by atoms with Gasteiger partial charge in [0, 0.05) is 22.0 Å². The molecule has 1 saturated carbocycles. The Morgan fingerprint density at radius 3 is 2.52 bits per heavy atom. The Hall–Kier alpha value is -3.43. The second-order valence-electron chi connectivity index (χ2n) is 11.2. The average Bonchev–Trinajstić information content (AvgIpc) is 3.50. The molecule has 0 radical (unpaired) electrons. The molecule has 3 N–H and O–H groups in total. The number of carbonyl (C=O) groups excluding carboxylic acids is 1. The van der Waals surface area contributed by atoms with Gasteiger partial charge in [-0.2, -0.15) is 0 Å². The number of nitrogens with two attached hydrogens (primary N) is 1. The smallest absolute Gasteiger partial charge is 0.313 e. The van der Waals surface area contributed by atoms with Crippen molar-refractivity contribution in [1.29, 1.82) is 0 Å². The predicted molar refractivity (Wildman–Crippen MR) is 154 cm³/mol. The number of anilines is 1. The topological polar surface area (TPSA) is 112 Å². The van der Waals surface area contributed by atoms with Crippen LogP contribution in [0.15, 0.2) is 40.8 Å². The van der Waals surface area contributed by atoms with Gasteiger partial charge in [0.2, 0.25) is 5.91 Å². The molecule has 0 aliphatic heterocycles. The van der Waals surface area contributed by atoms with Gasteiger partial charge in [-0.15, -0.1) is 5.10 Å². The van der Waals surface area contributed by atoms with E-state index in [4.69, 9.17) is 38.3 Å². The number of nitrogen functional groups attached to an aromatic ring is 1. The third kappa shape index (κ3) is 6.00. The highest BCUT2D eigenvalue weighted by Crippen LogP contribution is 2.42. The van der Waals surface area contributed by atoms with Crippen LogP contribution < -0.4 is 11.1 Å². The summed E-state index contributed by atoms with van der Waals surface area (Å²) < 4.78 is 21.9. The van der Waals surface area contributed by atoms with Crippen LogP contribution in [-0.4, -0.2) is 31.2 Å². The van der Waals surface area contributed by atoms with Gasteiger partial charge >= 0.3 is 6.01 Å². The van der Waals surface area contributed by atoms with Gasteiger partial charge in [0.05, 0.1) is 22.8 Å². The van der Waals surface area contributed by atoms with E-state index < -0.39 is 11.4 Å². The minimum atomic E-state index is -0.546. The van der Waals surface area contributed by atoms with Gasteiger partial charge in [-0.1, -0.05) is 53.6 Å². The molecule has 11 heteroatoms. The summed E-state index contributed by atoms with van der Waals surface area (Å²) in [5, 5.41) is 11.4. The molecular weight excluding hydrogens is 554 g/mol. The van der Waals surface area contributed by atoms with Gasteiger partial charge in [-0.05, 0) is 69.5 Å². The molecule has 210 valence electrons. The highest BCUT2D eigenvalue weighted by molar-refractivity contribution is 6.31. The van der Waals surface area contributed by atoms with E-state index in [-0.39, 0.29) is 35.2 Å². The molecule has 2 heterocycles. The van der Waals surface area contributed by atoms with Crippen LogP contribution in [0.2, 0.25) is 10.0 Å². The van der Waals surface area contributed by atoms with Crippen LogP contribution in [0, 0.1) is 5.82 Å². The van der Waals surface area contributed by atoms with E-state index in [2.05, 4.69) is 15.5 Å². The highest BCUT2D eigenvalue weighted by atomic mass is 35.5. The molecule has 0 saturated heterocycles. The van der Waals surface area contributed by atoms with Crippen molar-refractivity contribution in [3.63, 3.8) is 0 Å². The van der Waals surface area contributed by atoms with E-state index in [0.717, 1.165) is 43.5 Å². The van der Waals surface area contributed by atoms with Gasteiger partial charge in [0.25, 0.3) is 5.89 Å². The summed E-state index contributed by atoms with van der Waals surface area (Å²) in [4.78, 5) is 18.1. The van der Waals surface area contributed by atoms with Gasteiger partial charge < -0.3 is 15.5 Å². The molecule has 0 unspecified atom stereocenters. The number of nitrogens with one attached hydrogen (secondary N) is 1. The summed E-state index contributed by atoms with van der Waals surface area (Å²) in [6.07, 6.45) is 5.26. The molecule has 5 rings (SSSR count). The van der Waals surface area contributed by atoms with Gasteiger partial charge in [-0.3, -0.25) is 9.36 Å². The van der Waals surface area contributed by atoms with Crippen LogP contribution in [-0.2, 0) is 11.2 Å². The largest absolute Gasteiger partial charge is 0.402 e. The fourth-order valence-electron chi connectivity index (χ4n) is 5.24. The summed E-state index contributed by atoms with van der Waals surface area (Å²) in [7, 11) is 0. The molecular formula is C29H31Cl2FN6O2. The molecule has 0 bridgehead atoms. The number of aromatic nitrogens is 4. The summed E-state index contributed by atoms with van der Waals surface area (Å²) in [6.45, 7) is 5.80. The van der Waals surface area contributed by atoms with Crippen molar-refractivity contribution < 1.29 is 13.6 Å². The van der Waals surface area contributed by atoms with Gasteiger partial charge in [-0.25, -0.2) is 9.37 Å². The van der Waals surface area contributed by atoms with Crippen LogP contribution in [0.3, 0.4) is 0 Å². The Morgan fingerprint density at radius 2 is 1.88 bits per heavy atom. The summed E-state index contributed by atoms with van der Waals surface area (Å²) >= 11 is 12.8. The van der Waals surface area contributed by atoms with Crippen LogP contribution in [0.1, 0.15) is 70.2 Å². The molecule has 1 aliphatic rings. The zero-order valence-electron chi connectivity index (χ0n) is 22.6. The van der Waals surface area contributed by atoms with Crippen LogP contribution in [0.4, 0.5) is 10.4 Å². The number of hydrogen-bond acceptors (Lipinski definition) is 6. The first-order chi connectivity index (χ1) is 19.0. The number of halogens is 3. The maximum Gasteiger partial charge on any atom is 0.313 e. The molecule has 4 aromatic rings. The Kier molecular flexibility index (Phi) is 7.88. The monoisotopic (exact) mass is 584 g/mol. The molecule has 1 fully saturated rings. The van der Waals surface area contributed by atoms with E-state index in [1.54, 1.807) is 12.1 Å². The minimum Gasteiger partial charge on any atom is -0.402 e. The Bertz CT molecular complexity index is 1550. The fraction of sp³-hybridized carbons (Fsp3) is 0.379. The molecule has 1 amide bonds. The van der Waals surface area contributed by atoms with E-state index in [9.17, 15) is 9.18 Å². The molecule has 8 nitrogen and oxygen atoms in total. The first-order valence-corrected chi connectivity index (χ1v) is 14.0. The van der Waals surface area contributed by atoms with Gasteiger partial charge in [0.15, 0.2) is 5.69 Å². The molecule has 2 aromatic heterocycles. The molecule has 40 heavy (non-hydrogen) atoms. The standard InChI is InChI=1S/C29H31Cl2FN6O2/c1-29(2,3)35-23(39)14-17-9-11-19(30)15-22(17)38-25(18-10-12-21(32)20(31)13-18)24(27-36-37-28(33)40-27)34-26(38)16-7-5-4-6-8-16/h9-13,15-16H,4-8,14H2,1-3H3,(H2,33,37)(H,35,39). The lowest BCUT2D eigenvalue weighted by Crippen LogP contribution is -2.41. The number of benzene rings is 2. The summed E-state index contributed by atoms with van der Waals surface area (Å²) in [6, 6.07) is 9.78. The molecule has 0 spiro atoms. The number of rotatable bonds is 6. The number of amides is 1. The summed E-state index contributed by atoms with van der Waals surface area (Å²) in [5.41, 5.74) is 8.34. The lowest BCUT2D eigenvalue weighted by Gasteiger charge is -2.25. The van der Waals surface area contributed by atoms with E-state index in [1.165, 1.54) is 12.1 Å². The van der Waals surface area contributed by atoms with Gasteiger partial charge in [0.1, 0.15) is 11.6 Å². The van der Waals surface area contributed by atoms with Crippen molar-refractivity contribution in [2.24, 2.45) is 0 Å². The lowest BCUT2D eigenvalue weighted by atomic mass is 9.88. The maximum absolute atomic E-state index is 14.3. The Balaban J connectivity index is 1.80. The minimum absolute atomic E-state index is 0.0451. The number of carbonyl (C=O) groups is 1. The zero-order chi connectivity index (χ0) is 28.6. The Labute approximate surface area is 242 Å². The first kappa shape index (κ1) is 28.1. The predicted octanol–water partition coefficient (Wildman–Crippen LogP) is 7.12. The normalized spacial score (nSPS) is 14.4. The molecule has 1 aliphatic carbocycles. The average molecular weight is 586 g/mol. The Morgan fingerprint density at radius 1 is 1.12 bits per heavy atom. The van der Waals surface area contributed by atoms with E-state index >= 15 is 0 Å². The van der Waals surface area contributed by atoms with Crippen molar-refractivity contribution in [2.45, 2.75) is 70.8 Å². The van der Waals surface area contributed by atoms with Crippen LogP contribution in [0.5, 0.6) is 0 Å². The third-order valence-electron chi connectivity index (χ3n) is 6.86. The number of hydrogen-bond donors (Lipinski definition) is 2. The van der Waals surface area contributed by atoms with Crippen molar-refractivity contribution >= 4 is 35.1 Å². The second-order valence-corrected chi connectivity index (χ2v) is 12.0. The molecule has 2 aromatic carbocycles. The number of imidazole rings is 1. The third-order valence-corrected chi connectivity index (χ3v) is 7.39. The van der Waals surface area contributed by atoms with E-state index in [0.29, 0.717) is 27.7 Å². The SMILES string of the molecule is CC(C)(C)NC(=O)Cc1ccc(Cl)cc1-n1c(C2CCCCC2)nc(-c2nnc(N)o2)c1-c1ccc(F)c(Cl)c1. The number of nitrogens with zero attached hydrogens (tertiary/aromatic N) is 4. The van der Waals surface area contributed by atoms with Crippen molar-refractivity contribution in [1.82, 2.24) is 25.1 Å². The maximum atomic E-state index is 14.3. The lowest BCUT2D eigenvalue weighted by molar-refractivity contribution is -0.121.